The molecule has 0 aromatic rings. The number of nitrogens with two attached hydrogens (primary N) is 1. The van der Waals surface area contributed by atoms with Crippen LogP contribution in [0.2, 0.25) is 0 Å². The lowest BCUT2D eigenvalue weighted by atomic mass is 10.1. The van der Waals surface area contributed by atoms with Crippen molar-refractivity contribution < 1.29 is 24.9 Å². The maximum Gasteiger partial charge on any atom is 0.303 e. The van der Waals surface area contributed by atoms with Crippen LogP contribution in [0.15, 0.2) is 0 Å². The average Bonchev–Trinajstić information content (AvgIpc) is 2.21. The smallest absolute Gasteiger partial charge is 0.303 e. The molecule has 15 heavy (non-hydrogen) atoms. The van der Waals surface area contributed by atoms with Crippen LogP contribution in [0.5, 0.6) is 0 Å². The lowest BCUT2D eigenvalue weighted by molar-refractivity contribution is -0.155. The first-order valence-corrected chi connectivity index (χ1v) is 4.85. The van der Waals surface area contributed by atoms with E-state index >= 15 is 0 Å². The van der Waals surface area contributed by atoms with Crippen LogP contribution in [0.4, 0.5) is 0 Å². The van der Waals surface area contributed by atoms with Gasteiger partial charge in [0.25, 0.3) is 0 Å². The molecule has 0 aliphatic heterocycles. The molecule has 0 spiro atoms. The maximum absolute atomic E-state index is 10.6. The third-order valence-electron chi connectivity index (χ3n) is 1.99. The highest BCUT2D eigenvalue weighted by Gasteiger charge is 2.21. The van der Waals surface area contributed by atoms with Gasteiger partial charge in [0, 0.05) is 13.5 Å². The Morgan fingerprint density at radius 1 is 1.40 bits per heavy atom. The Labute approximate surface area is 88.7 Å². The number of carbonyl (C=O) groups excluding carboxylic acids is 1. The van der Waals surface area contributed by atoms with Crippen molar-refractivity contribution in [1.82, 2.24) is 0 Å². The zero-order valence-electron chi connectivity index (χ0n) is 8.80. The van der Waals surface area contributed by atoms with E-state index < -0.39 is 30.9 Å². The molecule has 0 saturated carbocycles. The third-order valence-corrected chi connectivity index (χ3v) is 1.99. The summed E-state index contributed by atoms with van der Waals surface area (Å²) in [7, 11) is 0. The average molecular weight is 221 g/mol. The number of esters is 1. The van der Waals surface area contributed by atoms with Crippen molar-refractivity contribution in [3.63, 3.8) is 0 Å². The molecular formula is C9H19NO5. The van der Waals surface area contributed by atoms with Gasteiger partial charge in [-0.2, -0.15) is 0 Å². The van der Waals surface area contributed by atoms with E-state index in [1.807, 2.05) is 0 Å². The predicted octanol–water partition coefficient (Wildman–Crippen LogP) is -1.63. The van der Waals surface area contributed by atoms with Gasteiger partial charge in [0.2, 0.25) is 0 Å². The van der Waals surface area contributed by atoms with Gasteiger partial charge in [-0.05, 0) is 12.8 Å². The summed E-state index contributed by atoms with van der Waals surface area (Å²) in [5, 5.41) is 27.5. The van der Waals surface area contributed by atoms with E-state index in [2.05, 4.69) is 4.74 Å². The Balaban J connectivity index is 3.92. The molecule has 5 N–H and O–H groups in total. The molecule has 0 radical (unpaired) electrons. The Morgan fingerprint density at radius 2 is 2.00 bits per heavy atom. The van der Waals surface area contributed by atoms with Gasteiger partial charge in [0.05, 0.1) is 18.8 Å². The molecule has 3 atom stereocenters. The van der Waals surface area contributed by atoms with Crippen molar-refractivity contribution in [2.45, 2.75) is 38.1 Å². The predicted molar refractivity (Wildman–Crippen MR) is 52.9 cm³/mol. The minimum absolute atomic E-state index is 0.115. The second kappa shape index (κ2) is 7.58. The van der Waals surface area contributed by atoms with Gasteiger partial charge in [-0.3, -0.25) is 4.79 Å². The van der Waals surface area contributed by atoms with Gasteiger partial charge in [-0.15, -0.1) is 0 Å². The monoisotopic (exact) mass is 221 g/mol. The topological polar surface area (TPSA) is 113 Å². The van der Waals surface area contributed by atoms with Crippen molar-refractivity contribution >= 4 is 5.97 Å². The maximum atomic E-state index is 10.6. The molecule has 0 fully saturated rings. The number of ether oxygens (including phenoxy) is 1. The SMILES string of the molecule is CC(=O)O[C@H](CO)[C@@H](O)CC[C@@H](O)CN. The Morgan fingerprint density at radius 3 is 2.40 bits per heavy atom. The summed E-state index contributed by atoms with van der Waals surface area (Å²) >= 11 is 0. The van der Waals surface area contributed by atoms with Crippen LogP contribution in [0.25, 0.3) is 0 Å². The van der Waals surface area contributed by atoms with Crippen LogP contribution < -0.4 is 5.73 Å². The molecule has 0 heterocycles. The van der Waals surface area contributed by atoms with Gasteiger partial charge in [-0.1, -0.05) is 0 Å². The fourth-order valence-electron chi connectivity index (χ4n) is 1.12. The molecule has 0 aliphatic carbocycles. The molecule has 0 rings (SSSR count). The van der Waals surface area contributed by atoms with E-state index in [1.165, 1.54) is 6.92 Å². The summed E-state index contributed by atoms with van der Waals surface area (Å²) in [5.74, 6) is -0.563. The largest absolute Gasteiger partial charge is 0.457 e. The van der Waals surface area contributed by atoms with E-state index in [4.69, 9.17) is 15.9 Å². The van der Waals surface area contributed by atoms with Gasteiger partial charge in [-0.25, -0.2) is 0 Å². The molecule has 0 amide bonds. The number of aliphatic hydroxyl groups excluding tert-OH is 3. The van der Waals surface area contributed by atoms with Crippen LogP contribution >= 0.6 is 0 Å². The van der Waals surface area contributed by atoms with Crippen molar-refractivity contribution in [2.24, 2.45) is 5.73 Å². The van der Waals surface area contributed by atoms with Crippen molar-refractivity contribution in [1.29, 1.82) is 0 Å². The highest BCUT2D eigenvalue weighted by molar-refractivity contribution is 5.66. The highest BCUT2D eigenvalue weighted by atomic mass is 16.6. The summed E-state index contributed by atoms with van der Waals surface area (Å²) < 4.78 is 4.68. The van der Waals surface area contributed by atoms with Gasteiger partial charge < -0.3 is 25.8 Å². The third kappa shape index (κ3) is 6.40. The van der Waals surface area contributed by atoms with Crippen molar-refractivity contribution in [2.75, 3.05) is 13.2 Å². The lowest BCUT2D eigenvalue weighted by Gasteiger charge is -2.21. The molecular weight excluding hydrogens is 202 g/mol. The molecule has 0 aromatic carbocycles. The minimum Gasteiger partial charge on any atom is -0.457 e. The molecule has 0 unspecified atom stereocenters. The summed E-state index contributed by atoms with van der Waals surface area (Å²) in [6.45, 7) is 0.869. The summed E-state index contributed by atoms with van der Waals surface area (Å²) in [4.78, 5) is 10.6. The molecule has 0 aliphatic rings. The molecule has 0 bridgehead atoms. The number of hydrogen-bond acceptors (Lipinski definition) is 6. The van der Waals surface area contributed by atoms with Crippen LogP contribution in [-0.4, -0.2) is 52.8 Å². The van der Waals surface area contributed by atoms with E-state index in [-0.39, 0.29) is 13.0 Å². The first kappa shape index (κ1) is 14.3. The normalized spacial score (nSPS) is 16.9. The van der Waals surface area contributed by atoms with E-state index in [1.54, 1.807) is 0 Å². The number of rotatable bonds is 7. The molecule has 6 heteroatoms. The van der Waals surface area contributed by atoms with Crippen LogP contribution in [0, 0.1) is 0 Å². The second-order valence-electron chi connectivity index (χ2n) is 3.36. The molecule has 90 valence electrons. The first-order chi connectivity index (χ1) is 7.01. The van der Waals surface area contributed by atoms with Crippen LogP contribution in [0.3, 0.4) is 0 Å². The quantitative estimate of drug-likeness (QED) is 0.384. The summed E-state index contributed by atoms with van der Waals surface area (Å²) in [6.07, 6.45) is -2.09. The minimum atomic E-state index is -0.986. The number of hydrogen-bond donors (Lipinski definition) is 4. The van der Waals surface area contributed by atoms with E-state index in [9.17, 15) is 9.90 Å². The Bertz CT molecular complexity index is 187. The fourth-order valence-corrected chi connectivity index (χ4v) is 1.12. The lowest BCUT2D eigenvalue weighted by Crippen LogP contribution is -2.35. The standard InChI is InChI=1S/C9H19NO5/c1-6(12)15-9(5-11)8(14)3-2-7(13)4-10/h7-9,11,13-14H,2-5,10H2,1H3/t7-,8+,9-/m1/s1. The summed E-state index contributed by atoms with van der Waals surface area (Å²) in [5.41, 5.74) is 5.18. The molecule has 0 aromatic heterocycles. The van der Waals surface area contributed by atoms with Gasteiger partial charge in [0.15, 0.2) is 6.10 Å². The zero-order valence-corrected chi connectivity index (χ0v) is 8.80. The number of aliphatic hydroxyl groups is 3. The molecule has 0 saturated heterocycles. The Kier molecular flexibility index (Phi) is 7.23. The van der Waals surface area contributed by atoms with Gasteiger partial charge >= 0.3 is 5.97 Å². The Hall–Kier alpha value is -0.690. The fraction of sp³-hybridized carbons (Fsp3) is 0.889. The number of carbonyl (C=O) groups is 1. The molecule has 6 nitrogen and oxygen atoms in total. The van der Waals surface area contributed by atoms with Crippen LogP contribution in [-0.2, 0) is 9.53 Å². The van der Waals surface area contributed by atoms with Crippen molar-refractivity contribution in [3.8, 4) is 0 Å². The van der Waals surface area contributed by atoms with Gasteiger partial charge in [0.1, 0.15) is 0 Å². The highest BCUT2D eigenvalue weighted by Crippen LogP contribution is 2.08. The first-order valence-electron chi connectivity index (χ1n) is 4.85. The summed E-state index contributed by atoms with van der Waals surface area (Å²) in [6, 6.07) is 0. The van der Waals surface area contributed by atoms with E-state index in [0.29, 0.717) is 6.42 Å². The van der Waals surface area contributed by atoms with Crippen molar-refractivity contribution in [3.05, 3.63) is 0 Å². The van der Waals surface area contributed by atoms with E-state index in [0.717, 1.165) is 0 Å². The second-order valence-corrected chi connectivity index (χ2v) is 3.36. The van der Waals surface area contributed by atoms with Crippen LogP contribution in [0.1, 0.15) is 19.8 Å². The zero-order chi connectivity index (χ0) is 11.8.